The highest BCUT2D eigenvalue weighted by Crippen LogP contribution is 2.36. The number of hydrogen-bond acceptors (Lipinski definition) is 3. The Kier molecular flexibility index (Phi) is 3.48. The molecule has 108 valence electrons. The van der Waals surface area contributed by atoms with Crippen molar-refractivity contribution in [3.05, 3.63) is 53.8 Å². The molecule has 2 N–H and O–H groups in total. The van der Waals surface area contributed by atoms with Crippen LogP contribution >= 0.6 is 0 Å². The Hall–Kier alpha value is -2.56. The Balaban J connectivity index is 1.93. The van der Waals surface area contributed by atoms with E-state index in [2.05, 4.69) is 10.6 Å². The molecule has 0 bridgehead atoms. The summed E-state index contributed by atoms with van der Waals surface area (Å²) in [5, 5.41) is 5.86. The zero-order chi connectivity index (χ0) is 14.8. The van der Waals surface area contributed by atoms with E-state index in [9.17, 15) is 9.18 Å². The van der Waals surface area contributed by atoms with Crippen LogP contribution in [0, 0.1) is 5.82 Å². The van der Waals surface area contributed by atoms with Gasteiger partial charge in [0.2, 0.25) is 0 Å². The number of nitrogens with one attached hydrogen (secondary N) is 2. The molecule has 5 heteroatoms. The molecule has 0 aliphatic carbocycles. The Bertz CT molecular complexity index is 688. The highest BCUT2D eigenvalue weighted by atomic mass is 19.1. The molecule has 1 aliphatic heterocycles. The summed E-state index contributed by atoms with van der Waals surface area (Å²) >= 11 is 0. The van der Waals surface area contributed by atoms with Crippen LogP contribution in [0.2, 0.25) is 0 Å². The predicted octanol–water partition coefficient (Wildman–Crippen LogP) is 3.33. The molecule has 1 unspecified atom stereocenters. The Labute approximate surface area is 121 Å². The molecule has 0 radical (unpaired) electrons. The minimum absolute atomic E-state index is 0.207. The van der Waals surface area contributed by atoms with Crippen molar-refractivity contribution in [1.29, 1.82) is 0 Å². The number of ether oxygens (including phenoxy) is 1. The van der Waals surface area contributed by atoms with E-state index in [1.165, 1.54) is 12.1 Å². The lowest BCUT2D eigenvalue weighted by atomic mass is 10.1. The van der Waals surface area contributed by atoms with Crippen molar-refractivity contribution in [1.82, 2.24) is 0 Å². The first kappa shape index (κ1) is 13.4. The maximum Gasteiger partial charge on any atom is 0.251 e. The van der Waals surface area contributed by atoms with Crippen LogP contribution in [-0.4, -0.2) is 12.5 Å². The zero-order valence-electron chi connectivity index (χ0n) is 11.5. The quantitative estimate of drug-likeness (QED) is 0.906. The highest BCUT2D eigenvalue weighted by molar-refractivity contribution is 6.04. The molecule has 2 aromatic rings. The van der Waals surface area contributed by atoms with Gasteiger partial charge in [-0.3, -0.25) is 4.79 Å². The van der Waals surface area contributed by atoms with Gasteiger partial charge in [0.05, 0.1) is 12.3 Å². The predicted molar refractivity (Wildman–Crippen MR) is 79.0 cm³/mol. The second-order valence-corrected chi connectivity index (χ2v) is 4.73. The molecule has 1 aliphatic rings. The standard InChI is InChI=1S/C16H15FN2O2/c1-2-21-14-6-4-3-5-13(14)18-15-11-9-10(17)7-8-12(11)19-16(15)20/h3-9,15,18H,2H2,1H3,(H,19,20). The zero-order valence-corrected chi connectivity index (χ0v) is 11.5. The maximum atomic E-state index is 13.4. The molecule has 0 saturated heterocycles. The smallest absolute Gasteiger partial charge is 0.251 e. The van der Waals surface area contributed by atoms with E-state index in [0.717, 1.165) is 0 Å². The molecule has 0 aromatic heterocycles. The van der Waals surface area contributed by atoms with Gasteiger partial charge in [-0.2, -0.15) is 0 Å². The van der Waals surface area contributed by atoms with Crippen molar-refractivity contribution >= 4 is 17.3 Å². The van der Waals surface area contributed by atoms with Gasteiger partial charge in [0.15, 0.2) is 0 Å². The summed E-state index contributed by atoms with van der Waals surface area (Å²) in [5.74, 6) is 0.0923. The lowest BCUT2D eigenvalue weighted by molar-refractivity contribution is -0.116. The average molecular weight is 286 g/mol. The number of amides is 1. The molecule has 2 aromatic carbocycles. The minimum atomic E-state index is -0.627. The SMILES string of the molecule is CCOc1ccccc1NC1C(=O)Nc2ccc(F)cc21. The van der Waals surface area contributed by atoms with Crippen molar-refractivity contribution in [2.45, 2.75) is 13.0 Å². The van der Waals surface area contributed by atoms with Gasteiger partial charge in [0, 0.05) is 11.3 Å². The Morgan fingerprint density at radius 1 is 1.29 bits per heavy atom. The number of rotatable bonds is 4. The van der Waals surface area contributed by atoms with E-state index in [-0.39, 0.29) is 11.7 Å². The first-order valence-corrected chi connectivity index (χ1v) is 6.77. The van der Waals surface area contributed by atoms with Crippen LogP contribution < -0.4 is 15.4 Å². The van der Waals surface area contributed by atoms with Gasteiger partial charge in [-0.1, -0.05) is 12.1 Å². The van der Waals surface area contributed by atoms with Crippen molar-refractivity contribution in [2.75, 3.05) is 17.2 Å². The molecule has 0 fully saturated rings. The first-order chi connectivity index (χ1) is 10.2. The fourth-order valence-electron chi connectivity index (χ4n) is 2.40. The van der Waals surface area contributed by atoms with Crippen molar-refractivity contribution in [2.24, 2.45) is 0 Å². The van der Waals surface area contributed by atoms with Crippen molar-refractivity contribution in [3.63, 3.8) is 0 Å². The van der Waals surface area contributed by atoms with Crippen LogP contribution in [0.1, 0.15) is 18.5 Å². The van der Waals surface area contributed by atoms with Gasteiger partial charge in [-0.25, -0.2) is 4.39 Å². The van der Waals surface area contributed by atoms with E-state index < -0.39 is 6.04 Å². The molecule has 4 nitrogen and oxygen atoms in total. The number of benzene rings is 2. The van der Waals surface area contributed by atoms with Crippen LogP contribution in [0.4, 0.5) is 15.8 Å². The lowest BCUT2D eigenvalue weighted by Crippen LogP contribution is -2.20. The summed E-state index contributed by atoms with van der Waals surface area (Å²) in [6.07, 6.45) is 0. The Morgan fingerprint density at radius 3 is 2.90 bits per heavy atom. The number of carbonyl (C=O) groups excluding carboxylic acids is 1. The van der Waals surface area contributed by atoms with Crippen molar-refractivity contribution < 1.29 is 13.9 Å². The number of fused-ring (bicyclic) bond motifs is 1. The van der Waals surface area contributed by atoms with Gasteiger partial charge >= 0.3 is 0 Å². The fraction of sp³-hybridized carbons (Fsp3) is 0.188. The van der Waals surface area contributed by atoms with Gasteiger partial charge in [0.1, 0.15) is 17.6 Å². The monoisotopic (exact) mass is 286 g/mol. The van der Waals surface area contributed by atoms with E-state index >= 15 is 0 Å². The second kappa shape index (κ2) is 5.44. The maximum absolute atomic E-state index is 13.4. The van der Waals surface area contributed by atoms with Crippen LogP contribution in [0.15, 0.2) is 42.5 Å². The summed E-state index contributed by atoms with van der Waals surface area (Å²) in [6.45, 7) is 2.42. The summed E-state index contributed by atoms with van der Waals surface area (Å²) in [5.41, 5.74) is 1.94. The molecule has 1 amide bonds. The summed E-state index contributed by atoms with van der Waals surface area (Å²) in [6, 6.07) is 11.0. The Morgan fingerprint density at radius 2 is 2.10 bits per heavy atom. The lowest BCUT2D eigenvalue weighted by Gasteiger charge is -2.16. The molecule has 1 atom stereocenters. The van der Waals surface area contributed by atoms with Crippen LogP contribution in [0.3, 0.4) is 0 Å². The van der Waals surface area contributed by atoms with Crippen molar-refractivity contribution in [3.8, 4) is 5.75 Å². The van der Waals surface area contributed by atoms with E-state index in [4.69, 9.17) is 4.74 Å². The average Bonchev–Trinajstić information content (AvgIpc) is 2.77. The number of hydrogen-bond donors (Lipinski definition) is 2. The summed E-state index contributed by atoms with van der Waals surface area (Å²) in [7, 11) is 0. The minimum Gasteiger partial charge on any atom is -0.492 e. The third-order valence-electron chi connectivity index (χ3n) is 3.33. The number of halogens is 1. The topological polar surface area (TPSA) is 50.4 Å². The number of para-hydroxylation sites is 2. The van der Waals surface area contributed by atoms with Crippen LogP contribution in [-0.2, 0) is 4.79 Å². The van der Waals surface area contributed by atoms with E-state index in [0.29, 0.717) is 29.3 Å². The second-order valence-electron chi connectivity index (χ2n) is 4.73. The molecule has 3 rings (SSSR count). The molecular weight excluding hydrogens is 271 g/mol. The summed E-state index contributed by atoms with van der Waals surface area (Å²) in [4.78, 5) is 12.1. The fourth-order valence-corrected chi connectivity index (χ4v) is 2.40. The normalized spacial score (nSPS) is 16.3. The van der Waals surface area contributed by atoms with E-state index in [1.54, 1.807) is 6.07 Å². The van der Waals surface area contributed by atoms with Gasteiger partial charge in [-0.15, -0.1) is 0 Å². The van der Waals surface area contributed by atoms with Gasteiger partial charge in [0.25, 0.3) is 5.91 Å². The molecular formula is C16H15FN2O2. The molecule has 0 saturated carbocycles. The van der Waals surface area contributed by atoms with E-state index in [1.807, 2.05) is 31.2 Å². The molecule has 0 spiro atoms. The first-order valence-electron chi connectivity index (χ1n) is 6.77. The third-order valence-corrected chi connectivity index (χ3v) is 3.33. The molecule has 1 heterocycles. The highest BCUT2D eigenvalue weighted by Gasteiger charge is 2.31. The largest absolute Gasteiger partial charge is 0.492 e. The third kappa shape index (κ3) is 2.54. The van der Waals surface area contributed by atoms with Gasteiger partial charge < -0.3 is 15.4 Å². The van der Waals surface area contributed by atoms with Crippen LogP contribution in [0.25, 0.3) is 0 Å². The number of carbonyl (C=O) groups is 1. The number of anilines is 2. The summed E-state index contributed by atoms with van der Waals surface area (Å²) < 4.78 is 18.9. The molecule has 21 heavy (non-hydrogen) atoms. The van der Waals surface area contributed by atoms with Crippen LogP contribution in [0.5, 0.6) is 5.75 Å². The van der Waals surface area contributed by atoms with Gasteiger partial charge in [-0.05, 0) is 37.3 Å².